The van der Waals surface area contributed by atoms with Gasteiger partial charge in [-0.05, 0) is 48.6 Å². The van der Waals surface area contributed by atoms with Crippen molar-refractivity contribution >= 4 is 23.5 Å². The molecule has 0 aliphatic carbocycles. The van der Waals surface area contributed by atoms with E-state index in [0.717, 1.165) is 16.7 Å². The zero-order valence-electron chi connectivity index (χ0n) is 18.6. The van der Waals surface area contributed by atoms with Crippen molar-refractivity contribution in [3.05, 3.63) is 71.0 Å². The molecule has 0 saturated carbocycles. The predicted octanol–water partition coefficient (Wildman–Crippen LogP) is 3.68. The molecule has 1 amide bonds. The van der Waals surface area contributed by atoms with Crippen molar-refractivity contribution in [1.29, 1.82) is 0 Å². The molecule has 33 heavy (non-hydrogen) atoms. The van der Waals surface area contributed by atoms with Crippen molar-refractivity contribution < 1.29 is 19.1 Å². The molecule has 0 spiro atoms. The first kappa shape index (κ1) is 24.4. The van der Waals surface area contributed by atoms with Gasteiger partial charge in [0.05, 0.1) is 25.3 Å². The van der Waals surface area contributed by atoms with Crippen LogP contribution in [-0.2, 0) is 20.7 Å². The molecule has 9 heteroatoms. The van der Waals surface area contributed by atoms with E-state index in [-0.39, 0.29) is 36.8 Å². The number of halogens is 1. The van der Waals surface area contributed by atoms with E-state index in [1.807, 2.05) is 48.5 Å². The molecule has 0 fully saturated rings. The third-order valence-electron chi connectivity index (χ3n) is 5.15. The average molecular weight is 471 g/mol. The van der Waals surface area contributed by atoms with Gasteiger partial charge in [0.25, 0.3) is 5.91 Å². The molecule has 3 aromatic rings. The summed E-state index contributed by atoms with van der Waals surface area (Å²) in [5.74, 6) is -1.20. The van der Waals surface area contributed by atoms with E-state index >= 15 is 0 Å². The molecule has 2 atom stereocenters. The summed E-state index contributed by atoms with van der Waals surface area (Å²) in [4.78, 5) is 25.0. The fourth-order valence-electron chi connectivity index (χ4n) is 3.59. The topological polar surface area (TPSA) is 106 Å². The smallest absolute Gasteiger partial charge is 0.311 e. The Morgan fingerprint density at radius 1 is 1.15 bits per heavy atom. The van der Waals surface area contributed by atoms with Crippen LogP contribution < -0.4 is 5.32 Å². The lowest BCUT2D eigenvalue weighted by molar-refractivity contribution is -0.150. The second kappa shape index (κ2) is 12.1. The number of aromatic nitrogens is 3. The molecule has 0 bridgehead atoms. The zero-order valence-corrected chi connectivity index (χ0v) is 19.3. The molecular weight excluding hydrogens is 444 g/mol. The Kier molecular flexibility index (Phi) is 8.97. The summed E-state index contributed by atoms with van der Waals surface area (Å²) in [5.41, 5.74) is 3.31. The van der Waals surface area contributed by atoms with Gasteiger partial charge in [-0.2, -0.15) is 0 Å². The second-order valence-corrected chi connectivity index (χ2v) is 8.03. The summed E-state index contributed by atoms with van der Waals surface area (Å²) < 4.78 is 10.4. The van der Waals surface area contributed by atoms with Gasteiger partial charge in [-0.3, -0.25) is 14.7 Å². The largest absolute Gasteiger partial charge is 0.466 e. The van der Waals surface area contributed by atoms with E-state index < -0.39 is 5.92 Å². The maximum absolute atomic E-state index is 12.6. The summed E-state index contributed by atoms with van der Waals surface area (Å²) >= 11 is 6.11. The van der Waals surface area contributed by atoms with Gasteiger partial charge in [0, 0.05) is 18.2 Å². The van der Waals surface area contributed by atoms with Crippen LogP contribution in [0.15, 0.2) is 54.7 Å². The molecule has 0 aliphatic rings. The Balaban J connectivity index is 1.77. The molecule has 2 N–H and O–H groups in total. The van der Waals surface area contributed by atoms with Crippen LogP contribution in [0.3, 0.4) is 0 Å². The van der Waals surface area contributed by atoms with Gasteiger partial charge >= 0.3 is 5.97 Å². The van der Waals surface area contributed by atoms with Gasteiger partial charge in [0.2, 0.25) is 0 Å². The summed E-state index contributed by atoms with van der Waals surface area (Å²) in [5, 5.41) is 13.4. The van der Waals surface area contributed by atoms with Crippen molar-refractivity contribution in [2.24, 2.45) is 5.92 Å². The highest BCUT2D eigenvalue weighted by Crippen LogP contribution is 2.24. The number of H-pyrrole nitrogens is 1. The number of hydrogen-bond acceptors (Lipinski definition) is 6. The van der Waals surface area contributed by atoms with Gasteiger partial charge in [0.15, 0.2) is 0 Å². The Labute approximate surface area is 197 Å². The van der Waals surface area contributed by atoms with Crippen LogP contribution in [0.4, 0.5) is 0 Å². The normalized spacial score (nSPS) is 12.7. The lowest BCUT2D eigenvalue weighted by atomic mass is 9.94. The Bertz CT molecular complexity index is 1040. The fraction of sp³-hybridized carbons (Fsp3) is 0.333. The fourth-order valence-corrected chi connectivity index (χ4v) is 3.78. The Morgan fingerprint density at radius 2 is 1.94 bits per heavy atom. The molecular formula is C24H27ClN4O4. The number of amides is 1. The molecule has 0 radical (unpaired) electrons. The first-order chi connectivity index (χ1) is 16.0. The number of esters is 1. The number of benzene rings is 2. The van der Waals surface area contributed by atoms with Crippen molar-refractivity contribution in [2.45, 2.75) is 25.8 Å². The highest BCUT2D eigenvalue weighted by molar-refractivity contribution is 6.30. The summed E-state index contributed by atoms with van der Waals surface area (Å²) in [7, 11) is 1.53. The molecule has 8 nitrogen and oxygen atoms in total. The van der Waals surface area contributed by atoms with Gasteiger partial charge in [-0.25, -0.2) is 0 Å². The quantitative estimate of drug-likeness (QED) is 0.414. The van der Waals surface area contributed by atoms with Crippen molar-refractivity contribution in [2.75, 3.05) is 20.3 Å². The first-order valence-corrected chi connectivity index (χ1v) is 11.0. The summed E-state index contributed by atoms with van der Waals surface area (Å²) in [6, 6.07) is 15.3. The SMILES string of the molecule is CCOC(=O)[C@H](COC)C[C@@H](Cc1ccc(-c2cccc(Cl)c2)cc1)NC(=O)c1cnn[nH]1. The van der Waals surface area contributed by atoms with E-state index in [1.165, 1.54) is 13.3 Å². The number of ether oxygens (including phenoxy) is 2. The second-order valence-electron chi connectivity index (χ2n) is 7.59. The minimum atomic E-state index is -0.508. The number of methoxy groups -OCH3 is 1. The molecule has 0 aliphatic heterocycles. The van der Waals surface area contributed by atoms with Gasteiger partial charge < -0.3 is 14.8 Å². The highest BCUT2D eigenvalue weighted by atomic mass is 35.5. The molecule has 174 valence electrons. The predicted molar refractivity (Wildman–Crippen MR) is 125 cm³/mol. The molecule has 0 unspecified atom stereocenters. The number of hydrogen-bond donors (Lipinski definition) is 2. The average Bonchev–Trinajstić information content (AvgIpc) is 3.35. The van der Waals surface area contributed by atoms with E-state index in [4.69, 9.17) is 21.1 Å². The lowest BCUT2D eigenvalue weighted by Crippen LogP contribution is -2.40. The lowest BCUT2D eigenvalue weighted by Gasteiger charge is -2.23. The van der Waals surface area contributed by atoms with Crippen molar-refractivity contribution in [3.8, 4) is 11.1 Å². The van der Waals surface area contributed by atoms with Crippen LogP contribution in [0.25, 0.3) is 11.1 Å². The van der Waals surface area contributed by atoms with Crippen molar-refractivity contribution in [3.63, 3.8) is 0 Å². The number of aromatic amines is 1. The van der Waals surface area contributed by atoms with Crippen LogP contribution in [0, 0.1) is 5.92 Å². The summed E-state index contributed by atoms with van der Waals surface area (Å²) in [6.45, 7) is 2.24. The molecule has 0 saturated heterocycles. The monoisotopic (exact) mass is 470 g/mol. The third kappa shape index (κ3) is 7.13. The maximum Gasteiger partial charge on any atom is 0.311 e. The maximum atomic E-state index is 12.6. The number of nitrogens with one attached hydrogen (secondary N) is 2. The van der Waals surface area contributed by atoms with Crippen LogP contribution in [-0.4, -0.2) is 53.7 Å². The van der Waals surface area contributed by atoms with E-state index in [0.29, 0.717) is 17.9 Å². The molecule has 2 aromatic carbocycles. The Hall–Kier alpha value is -3.23. The molecule has 1 aromatic heterocycles. The standard InChI is InChI=1S/C24H27ClN4O4/c1-3-33-24(31)19(15-32-2)13-21(27-23(30)22-14-26-29-28-22)11-16-7-9-17(10-8-16)18-5-4-6-20(25)12-18/h4-10,12,14,19,21H,3,11,13,15H2,1-2H3,(H,27,30)(H,26,28,29)/t19-,21+/m0/s1. The highest BCUT2D eigenvalue weighted by Gasteiger charge is 2.26. The van der Waals surface area contributed by atoms with E-state index in [2.05, 4.69) is 20.7 Å². The number of carbonyl (C=O) groups is 2. The van der Waals surface area contributed by atoms with Crippen LogP contribution in [0.5, 0.6) is 0 Å². The van der Waals surface area contributed by atoms with E-state index in [1.54, 1.807) is 6.92 Å². The minimum absolute atomic E-state index is 0.199. The number of carbonyl (C=O) groups excluding carboxylic acids is 2. The van der Waals surface area contributed by atoms with E-state index in [9.17, 15) is 9.59 Å². The summed E-state index contributed by atoms with van der Waals surface area (Å²) in [6.07, 6.45) is 2.23. The van der Waals surface area contributed by atoms with Crippen molar-refractivity contribution in [1.82, 2.24) is 20.7 Å². The number of rotatable bonds is 11. The molecule has 1 heterocycles. The number of nitrogens with zero attached hydrogens (tertiary/aromatic N) is 2. The minimum Gasteiger partial charge on any atom is -0.466 e. The first-order valence-electron chi connectivity index (χ1n) is 10.7. The zero-order chi connectivity index (χ0) is 23.6. The third-order valence-corrected chi connectivity index (χ3v) is 5.38. The van der Waals surface area contributed by atoms with Crippen LogP contribution in [0.1, 0.15) is 29.4 Å². The van der Waals surface area contributed by atoms with Gasteiger partial charge in [-0.1, -0.05) is 53.2 Å². The van der Waals surface area contributed by atoms with Crippen LogP contribution in [0.2, 0.25) is 5.02 Å². The Morgan fingerprint density at radius 3 is 2.58 bits per heavy atom. The van der Waals surface area contributed by atoms with Gasteiger partial charge in [0.1, 0.15) is 5.69 Å². The molecule has 3 rings (SSSR count). The van der Waals surface area contributed by atoms with Crippen LogP contribution >= 0.6 is 11.6 Å². The van der Waals surface area contributed by atoms with Gasteiger partial charge in [-0.15, -0.1) is 5.10 Å².